The van der Waals surface area contributed by atoms with Crippen LogP contribution in [-0.4, -0.2) is 140 Å². The van der Waals surface area contributed by atoms with Crippen LogP contribution < -0.4 is 5.32 Å². The predicted octanol–water partition coefficient (Wildman–Crippen LogP) is 1.64. The highest BCUT2D eigenvalue weighted by atomic mass is 16.7. The lowest BCUT2D eigenvalue weighted by Crippen LogP contribution is -2.65. The van der Waals surface area contributed by atoms with Crippen LogP contribution in [0.4, 0.5) is 0 Å². The molecule has 1 amide bonds. The molecule has 2 aliphatic rings. The van der Waals surface area contributed by atoms with Gasteiger partial charge in [-0.2, -0.15) is 0 Å². The second-order valence-electron chi connectivity index (χ2n) is 13.7. The van der Waals surface area contributed by atoms with Crippen LogP contribution in [0.3, 0.4) is 0 Å². The summed E-state index contributed by atoms with van der Waals surface area (Å²) in [6.45, 7) is 2.43. The van der Waals surface area contributed by atoms with Crippen molar-refractivity contribution in [2.75, 3.05) is 19.8 Å². The first-order valence-electron chi connectivity index (χ1n) is 19.2. The first-order chi connectivity index (χ1) is 25.1. The summed E-state index contributed by atoms with van der Waals surface area (Å²) < 4.78 is 22.3. The number of unbranched alkanes of at least 4 members (excludes halogenated alkanes) is 9. The molecule has 0 saturated carbocycles. The van der Waals surface area contributed by atoms with Crippen LogP contribution in [-0.2, 0) is 23.7 Å². The summed E-state index contributed by atoms with van der Waals surface area (Å²) in [6, 6.07) is -0.928. The Morgan fingerprint density at radius 2 is 1.23 bits per heavy atom. The number of hydrogen-bond donors (Lipinski definition) is 9. The van der Waals surface area contributed by atoms with Gasteiger partial charge < -0.3 is 65.1 Å². The first-order valence-corrected chi connectivity index (χ1v) is 19.2. The summed E-state index contributed by atoms with van der Waals surface area (Å²) in [7, 11) is 0. The Kier molecular flexibility index (Phi) is 24.0. The Morgan fingerprint density at radius 3 is 1.87 bits per heavy atom. The third-order valence-corrected chi connectivity index (χ3v) is 9.31. The summed E-state index contributed by atoms with van der Waals surface area (Å²) >= 11 is 0. The van der Waals surface area contributed by atoms with E-state index in [9.17, 15) is 45.6 Å². The molecule has 0 aromatic rings. The number of ether oxygens (including phenoxy) is 4. The number of allylic oxidation sites excluding steroid dienone is 5. The fourth-order valence-corrected chi connectivity index (χ4v) is 6.00. The molecule has 0 aliphatic carbocycles. The second-order valence-corrected chi connectivity index (χ2v) is 13.7. The Balaban J connectivity index is 1.88. The van der Waals surface area contributed by atoms with E-state index in [4.69, 9.17) is 18.9 Å². The Bertz CT molecular complexity index is 1020. The van der Waals surface area contributed by atoms with E-state index in [1.807, 2.05) is 13.0 Å². The van der Waals surface area contributed by atoms with Crippen molar-refractivity contribution >= 4 is 5.91 Å². The summed E-state index contributed by atoms with van der Waals surface area (Å²) in [5.41, 5.74) is 0. The summed E-state index contributed by atoms with van der Waals surface area (Å²) in [5.74, 6) is -0.293. The number of aliphatic hydroxyl groups excluding tert-OH is 8. The van der Waals surface area contributed by atoms with Crippen LogP contribution in [0, 0.1) is 0 Å². The van der Waals surface area contributed by atoms with Gasteiger partial charge in [0.15, 0.2) is 12.6 Å². The molecule has 2 fully saturated rings. The largest absolute Gasteiger partial charge is 0.394 e. The summed E-state index contributed by atoms with van der Waals surface area (Å²) in [5, 5.41) is 85.4. The van der Waals surface area contributed by atoms with Crippen molar-refractivity contribution in [3.8, 4) is 0 Å². The first kappa shape index (κ1) is 46.4. The van der Waals surface area contributed by atoms with E-state index >= 15 is 0 Å². The van der Waals surface area contributed by atoms with Crippen molar-refractivity contribution < 1.29 is 64.6 Å². The maximum atomic E-state index is 12.6. The van der Waals surface area contributed by atoms with Gasteiger partial charge in [0.05, 0.1) is 32.0 Å². The molecule has 0 aromatic heterocycles. The zero-order valence-corrected chi connectivity index (χ0v) is 31.0. The topological polar surface area (TPSA) is 228 Å². The van der Waals surface area contributed by atoms with E-state index < -0.39 is 86.8 Å². The Morgan fingerprint density at radius 1 is 0.673 bits per heavy atom. The highest BCUT2D eigenvalue weighted by Crippen LogP contribution is 2.29. The van der Waals surface area contributed by atoms with Gasteiger partial charge in [0.1, 0.15) is 48.8 Å². The molecule has 12 unspecified atom stereocenters. The smallest absolute Gasteiger partial charge is 0.220 e. The van der Waals surface area contributed by atoms with E-state index in [2.05, 4.69) is 36.5 Å². The SMILES string of the molecule is CCCCCCCC/C=C/CC/C=C/CC/C=C/C(O)C(COC1OC(CO)C(OC2OC(CO)C(O)C(O)C2O)C(O)C1O)NC(=O)CCCC. The molecule has 14 nitrogen and oxygen atoms in total. The van der Waals surface area contributed by atoms with Gasteiger partial charge in [-0.15, -0.1) is 0 Å². The lowest BCUT2D eigenvalue weighted by Gasteiger charge is -2.46. The molecule has 12 atom stereocenters. The Hall–Kier alpha value is -1.79. The van der Waals surface area contributed by atoms with Crippen molar-refractivity contribution in [2.45, 2.75) is 177 Å². The number of rotatable bonds is 26. The minimum Gasteiger partial charge on any atom is -0.394 e. The third kappa shape index (κ3) is 16.3. The standard InChI is InChI=1S/C38H67NO13/c1-3-5-7-8-9-10-11-12-13-14-15-16-17-18-19-20-21-27(42)26(39-30(43)22-6-4-2)25-49-37-35(48)33(46)36(29(24-41)51-37)52-38-34(47)32(45)31(44)28(23-40)50-38/h12-13,16-17,20-21,26-29,31-38,40-42,44-48H,3-11,14-15,18-19,22-25H2,1-2H3,(H,39,43)/b13-12+,17-16+,21-20+. The normalized spacial score (nSPS) is 31.1. The highest BCUT2D eigenvalue weighted by molar-refractivity contribution is 5.76. The minimum absolute atomic E-state index is 0.243. The van der Waals surface area contributed by atoms with E-state index in [1.54, 1.807) is 6.08 Å². The van der Waals surface area contributed by atoms with Gasteiger partial charge in [-0.3, -0.25) is 4.79 Å². The molecule has 2 heterocycles. The van der Waals surface area contributed by atoms with Crippen molar-refractivity contribution in [3.05, 3.63) is 36.5 Å². The average molecular weight is 746 g/mol. The van der Waals surface area contributed by atoms with E-state index in [0.29, 0.717) is 12.8 Å². The Labute approximate surface area is 309 Å². The lowest BCUT2D eigenvalue weighted by atomic mass is 9.97. The minimum atomic E-state index is -1.79. The van der Waals surface area contributed by atoms with Crippen LogP contribution in [0.15, 0.2) is 36.5 Å². The van der Waals surface area contributed by atoms with Gasteiger partial charge in [-0.05, 0) is 44.9 Å². The molecular formula is C38H67NO13. The predicted molar refractivity (Wildman–Crippen MR) is 194 cm³/mol. The van der Waals surface area contributed by atoms with Crippen LogP contribution in [0.25, 0.3) is 0 Å². The maximum Gasteiger partial charge on any atom is 0.220 e. The van der Waals surface area contributed by atoms with Gasteiger partial charge in [0, 0.05) is 6.42 Å². The molecule has 14 heteroatoms. The maximum absolute atomic E-state index is 12.6. The summed E-state index contributed by atoms with van der Waals surface area (Å²) in [6.07, 6.45) is 9.15. The average Bonchev–Trinajstić information content (AvgIpc) is 3.14. The van der Waals surface area contributed by atoms with Crippen molar-refractivity contribution in [1.29, 1.82) is 0 Å². The van der Waals surface area contributed by atoms with Crippen LogP contribution in [0.1, 0.15) is 104 Å². The monoisotopic (exact) mass is 745 g/mol. The second kappa shape index (κ2) is 26.9. The molecule has 2 aliphatic heterocycles. The molecule has 0 bridgehead atoms. The zero-order chi connectivity index (χ0) is 38.3. The highest BCUT2D eigenvalue weighted by Gasteiger charge is 2.50. The zero-order valence-electron chi connectivity index (χ0n) is 31.0. The van der Waals surface area contributed by atoms with Gasteiger partial charge in [-0.1, -0.05) is 88.8 Å². The van der Waals surface area contributed by atoms with Crippen molar-refractivity contribution in [3.63, 3.8) is 0 Å². The number of amides is 1. The van der Waals surface area contributed by atoms with E-state index in [1.165, 1.54) is 38.5 Å². The number of nitrogens with one attached hydrogen (secondary N) is 1. The van der Waals surface area contributed by atoms with Gasteiger partial charge in [-0.25, -0.2) is 0 Å². The lowest BCUT2D eigenvalue weighted by molar-refractivity contribution is -0.359. The fraction of sp³-hybridized carbons (Fsp3) is 0.816. The molecular weight excluding hydrogens is 678 g/mol. The molecule has 0 radical (unpaired) electrons. The molecule has 2 saturated heterocycles. The third-order valence-electron chi connectivity index (χ3n) is 9.31. The van der Waals surface area contributed by atoms with Crippen LogP contribution in [0.5, 0.6) is 0 Å². The van der Waals surface area contributed by atoms with Gasteiger partial charge in [0.2, 0.25) is 5.91 Å². The van der Waals surface area contributed by atoms with Gasteiger partial charge in [0.25, 0.3) is 0 Å². The molecule has 302 valence electrons. The van der Waals surface area contributed by atoms with Crippen molar-refractivity contribution in [2.24, 2.45) is 0 Å². The number of hydrogen-bond acceptors (Lipinski definition) is 13. The number of carbonyl (C=O) groups is 1. The molecule has 9 N–H and O–H groups in total. The van der Waals surface area contributed by atoms with Gasteiger partial charge >= 0.3 is 0 Å². The quantitative estimate of drug-likeness (QED) is 0.0454. The molecule has 0 spiro atoms. The van der Waals surface area contributed by atoms with Crippen LogP contribution in [0.2, 0.25) is 0 Å². The molecule has 52 heavy (non-hydrogen) atoms. The van der Waals surface area contributed by atoms with Crippen LogP contribution >= 0.6 is 0 Å². The molecule has 0 aromatic carbocycles. The van der Waals surface area contributed by atoms with E-state index in [0.717, 1.165) is 32.1 Å². The summed E-state index contributed by atoms with van der Waals surface area (Å²) in [4.78, 5) is 12.6. The van der Waals surface area contributed by atoms with E-state index in [-0.39, 0.29) is 18.9 Å². The number of aliphatic hydroxyl groups is 8. The van der Waals surface area contributed by atoms with Crippen molar-refractivity contribution in [1.82, 2.24) is 5.32 Å². The molecule has 2 rings (SSSR count). The number of carbonyl (C=O) groups excluding carboxylic acids is 1. The fourth-order valence-electron chi connectivity index (χ4n) is 6.00.